The Labute approximate surface area is 155 Å². The fraction of sp³-hybridized carbons (Fsp3) is 0.263. The van der Waals surface area contributed by atoms with Gasteiger partial charge in [0, 0.05) is 5.02 Å². The molecule has 3 aromatic rings. The van der Waals surface area contributed by atoms with Crippen molar-refractivity contribution in [3.63, 3.8) is 0 Å². The van der Waals surface area contributed by atoms with Gasteiger partial charge in [-0.25, -0.2) is 4.98 Å². The summed E-state index contributed by atoms with van der Waals surface area (Å²) in [4.78, 5) is 16.8. The van der Waals surface area contributed by atoms with Gasteiger partial charge < -0.3 is 4.74 Å². The van der Waals surface area contributed by atoms with Crippen molar-refractivity contribution in [2.24, 2.45) is 0 Å². The SMILES string of the molecule is CC(Oc1ccccc1C(C)C)C(=O)Nc1nc2ccc(Cl)cc2s1. The van der Waals surface area contributed by atoms with Gasteiger partial charge in [-0.05, 0) is 42.7 Å². The second kappa shape index (κ2) is 7.42. The average molecular weight is 375 g/mol. The molecule has 4 nitrogen and oxygen atoms in total. The smallest absolute Gasteiger partial charge is 0.266 e. The number of hydrogen-bond acceptors (Lipinski definition) is 4. The van der Waals surface area contributed by atoms with Crippen LogP contribution in [0.2, 0.25) is 5.02 Å². The van der Waals surface area contributed by atoms with Gasteiger partial charge in [0.05, 0.1) is 10.2 Å². The predicted octanol–water partition coefficient (Wildman–Crippen LogP) is 5.48. The van der Waals surface area contributed by atoms with Crippen molar-refractivity contribution in [3.8, 4) is 5.75 Å². The lowest BCUT2D eigenvalue weighted by atomic mass is 10.0. The number of nitrogens with one attached hydrogen (secondary N) is 1. The van der Waals surface area contributed by atoms with E-state index in [-0.39, 0.29) is 5.91 Å². The van der Waals surface area contributed by atoms with Gasteiger partial charge in [-0.2, -0.15) is 0 Å². The maximum absolute atomic E-state index is 12.4. The molecule has 25 heavy (non-hydrogen) atoms. The number of benzene rings is 2. The number of para-hydroxylation sites is 1. The molecule has 0 saturated heterocycles. The molecule has 1 N–H and O–H groups in total. The summed E-state index contributed by atoms with van der Waals surface area (Å²) in [6, 6.07) is 13.2. The fourth-order valence-electron chi connectivity index (χ4n) is 2.47. The first-order valence-corrected chi connectivity index (χ1v) is 9.26. The summed E-state index contributed by atoms with van der Waals surface area (Å²) in [6.45, 7) is 5.93. The van der Waals surface area contributed by atoms with Gasteiger partial charge in [-0.3, -0.25) is 10.1 Å². The largest absolute Gasteiger partial charge is 0.481 e. The number of ether oxygens (including phenoxy) is 1. The number of thiazole rings is 1. The van der Waals surface area contributed by atoms with Crippen LogP contribution in [0.1, 0.15) is 32.3 Å². The first kappa shape index (κ1) is 17.7. The molecule has 0 saturated carbocycles. The van der Waals surface area contributed by atoms with Gasteiger partial charge in [0.2, 0.25) is 0 Å². The summed E-state index contributed by atoms with van der Waals surface area (Å²) in [5.41, 5.74) is 1.89. The standard InChI is InChI=1S/C19H19ClN2O2S/c1-11(2)14-6-4-5-7-16(14)24-12(3)18(23)22-19-21-15-9-8-13(20)10-17(15)25-19/h4-12H,1-3H3,(H,21,22,23). The van der Waals surface area contributed by atoms with Crippen LogP contribution in [0.5, 0.6) is 5.75 Å². The Morgan fingerprint density at radius 3 is 2.72 bits per heavy atom. The monoisotopic (exact) mass is 374 g/mol. The molecule has 130 valence electrons. The van der Waals surface area contributed by atoms with Crippen molar-refractivity contribution < 1.29 is 9.53 Å². The van der Waals surface area contributed by atoms with E-state index in [1.54, 1.807) is 13.0 Å². The lowest BCUT2D eigenvalue weighted by Gasteiger charge is -2.18. The Morgan fingerprint density at radius 2 is 1.96 bits per heavy atom. The van der Waals surface area contributed by atoms with Crippen LogP contribution < -0.4 is 10.1 Å². The van der Waals surface area contributed by atoms with Crippen LogP contribution in [-0.4, -0.2) is 17.0 Å². The predicted molar refractivity (Wildman–Crippen MR) is 104 cm³/mol. The fourth-order valence-corrected chi connectivity index (χ4v) is 3.61. The molecule has 0 bridgehead atoms. The third-order valence-electron chi connectivity index (χ3n) is 3.79. The molecule has 1 aromatic heterocycles. The molecule has 0 radical (unpaired) electrons. The van der Waals surface area contributed by atoms with Crippen LogP contribution >= 0.6 is 22.9 Å². The van der Waals surface area contributed by atoms with E-state index in [0.29, 0.717) is 16.1 Å². The van der Waals surface area contributed by atoms with Crippen LogP contribution in [0.15, 0.2) is 42.5 Å². The van der Waals surface area contributed by atoms with Crippen molar-refractivity contribution in [1.82, 2.24) is 4.98 Å². The first-order chi connectivity index (χ1) is 11.9. The molecule has 3 rings (SSSR count). The molecule has 2 aromatic carbocycles. The maximum atomic E-state index is 12.4. The van der Waals surface area contributed by atoms with E-state index in [9.17, 15) is 4.79 Å². The highest BCUT2D eigenvalue weighted by Crippen LogP contribution is 2.29. The van der Waals surface area contributed by atoms with E-state index >= 15 is 0 Å². The number of hydrogen-bond donors (Lipinski definition) is 1. The average Bonchev–Trinajstić information content (AvgIpc) is 2.96. The van der Waals surface area contributed by atoms with E-state index in [0.717, 1.165) is 21.5 Å². The summed E-state index contributed by atoms with van der Waals surface area (Å²) < 4.78 is 6.81. The number of rotatable bonds is 5. The zero-order chi connectivity index (χ0) is 18.0. The topological polar surface area (TPSA) is 51.2 Å². The van der Waals surface area contributed by atoms with Gasteiger partial charge in [0.1, 0.15) is 5.75 Å². The molecule has 0 aliphatic rings. The molecule has 0 aliphatic carbocycles. The van der Waals surface area contributed by atoms with Gasteiger partial charge >= 0.3 is 0 Å². The number of amides is 1. The highest BCUT2D eigenvalue weighted by atomic mass is 35.5. The number of carbonyl (C=O) groups is 1. The minimum Gasteiger partial charge on any atom is -0.481 e. The number of halogens is 1. The summed E-state index contributed by atoms with van der Waals surface area (Å²) >= 11 is 7.37. The van der Waals surface area contributed by atoms with Crippen molar-refractivity contribution in [3.05, 3.63) is 53.1 Å². The summed E-state index contributed by atoms with van der Waals surface area (Å²) in [5, 5.41) is 4.01. The number of anilines is 1. The molecule has 1 atom stereocenters. The number of fused-ring (bicyclic) bond motifs is 1. The van der Waals surface area contributed by atoms with Crippen molar-refractivity contribution >= 4 is 44.2 Å². The summed E-state index contributed by atoms with van der Waals surface area (Å²) in [6.07, 6.45) is -0.629. The number of nitrogens with zero attached hydrogens (tertiary/aromatic N) is 1. The summed E-state index contributed by atoms with van der Waals surface area (Å²) in [7, 11) is 0. The second-order valence-electron chi connectivity index (χ2n) is 6.07. The molecule has 0 aliphatic heterocycles. The molecule has 1 heterocycles. The normalized spacial score (nSPS) is 12.4. The van der Waals surface area contributed by atoms with E-state index in [1.165, 1.54) is 11.3 Å². The number of carbonyl (C=O) groups excluding carboxylic acids is 1. The quantitative estimate of drug-likeness (QED) is 0.643. The maximum Gasteiger partial charge on any atom is 0.266 e. The lowest BCUT2D eigenvalue weighted by molar-refractivity contribution is -0.122. The van der Waals surface area contributed by atoms with Crippen LogP contribution in [0.25, 0.3) is 10.2 Å². The van der Waals surface area contributed by atoms with E-state index in [1.807, 2.05) is 36.4 Å². The van der Waals surface area contributed by atoms with Gasteiger partial charge in [-0.1, -0.05) is 55.0 Å². The molecular weight excluding hydrogens is 356 g/mol. The molecular formula is C19H19ClN2O2S. The minimum absolute atomic E-state index is 0.233. The van der Waals surface area contributed by atoms with Crippen molar-refractivity contribution in [2.75, 3.05) is 5.32 Å². The molecule has 0 fully saturated rings. The van der Waals surface area contributed by atoms with Crippen LogP contribution in [0.4, 0.5) is 5.13 Å². The minimum atomic E-state index is -0.629. The third-order valence-corrected chi connectivity index (χ3v) is 4.96. The Kier molecular flexibility index (Phi) is 5.25. The van der Waals surface area contributed by atoms with Gasteiger partial charge in [-0.15, -0.1) is 0 Å². The number of aromatic nitrogens is 1. The molecule has 6 heteroatoms. The molecule has 1 unspecified atom stereocenters. The zero-order valence-corrected chi connectivity index (χ0v) is 15.8. The Balaban J connectivity index is 1.72. The Hall–Kier alpha value is -2.11. The van der Waals surface area contributed by atoms with E-state index in [4.69, 9.17) is 16.3 Å². The van der Waals surface area contributed by atoms with Crippen LogP contribution in [0.3, 0.4) is 0 Å². The van der Waals surface area contributed by atoms with Crippen LogP contribution in [0, 0.1) is 0 Å². The molecule has 0 spiro atoms. The Morgan fingerprint density at radius 1 is 1.20 bits per heavy atom. The van der Waals surface area contributed by atoms with E-state index < -0.39 is 6.10 Å². The van der Waals surface area contributed by atoms with Gasteiger partial charge in [0.15, 0.2) is 11.2 Å². The lowest BCUT2D eigenvalue weighted by Crippen LogP contribution is -2.30. The van der Waals surface area contributed by atoms with Crippen LogP contribution in [-0.2, 0) is 4.79 Å². The summed E-state index contributed by atoms with van der Waals surface area (Å²) in [5.74, 6) is 0.820. The highest BCUT2D eigenvalue weighted by molar-refractivity contribution is 7.22. The van der Waals surface area contributed by atoms with Gasteiger partial charge in [0.25, 0.3) is 5.91 Å². The van der Waals surface area contributed by atoms with E-state index in [2.05, 4.69) is 24.1 Å². The second-order valence-corrected chi connectivity index (χ2v) is 7.54. The molecule has 1 amide bonds. The highest BCUT2D eigenvalue weighted by Gasteiger charge is 2.18. The zero-order valence-electron chi connectivity index (χ0n) is 14.2. The Bertz CT molecular complexity index is 907. The van der Waals surface area contributed by atoms with Crippen molar-refractivity contribution in [1.29, 1.82) is 0 Å². The van der Waals surface area contributed by atoms with Crippen molar-refractivity contribution in [2.45, 2.75) is 32.8 Å². The first-order valence-electron chi connectivity index (χ1n) is 8.06. The third kappa shape index (κ3) is 4.11.